The standard InChI is InChI=1S/C38H69N3O3.ClH/c1-4-7-10-11-12-13-14-15-16-17-18-19-20-21-22-25-29-39-37(42)36-28-24-23-27-35(36)34-44-38(43)40-30-26-33-41(31-8-5-2)32-9-6-3;/h23-24,27-28H,4-22,25-26,29-34H2,1-3H3,(H,39,42)(H,40,43);1H. The van der Waals surface area contributed by atoms with Crippen molar-refractivity contribution in [1.82, 2.24) is 15.5 Å². The first-order chi connectivity index (χ1) is 21.6. The van der Waals surface area contributed by atoms with E-state index in [-0.39, 0.29) is 24.9 Å². The maximum Gasteiger partial charge on any atom is 0.407 e. The third-order valence-electron chi connectivity index (χ3n) is 8.51. The fourth-order valence-corrected chi connectivity index (χ4v) is 5.62. The van der Waals surface area contributed by atoms with Crippen LogP contribution in [0.4, 0.5) is 4.79 Å². The third kappa shape index (κ3) is 25.0. The molecule has 0 radical (unpaired) electrons. The molecule has 0 aliphatic carbocycles. The Morgan fingerprint density at radius 2 is 1.02 bits per heavy atom. The van der Waals surface area contributed by atoms with E-state index < -0.39 is 6.09 Å². The molecule has 0 saturated heterocycles. The molecule has 1 aromatic carbocycles. The van der Waals surface area contributed by atoms with Gasteiger partial charge in [0, 0.05) is 24.2 Å². The Morgan fingerprint density at radius 1 is 0.578 bits per heavy atom. The van der Waals surface area contributed by atoms with E-state index >= 15 is 0 Å². The van der Waals surface area contributed by atoms with Gasteiger partial charge in [-0.1, -0.05) is 148 Å². The number of carbonyl (C=O) groups excluding carboxylic acids is 2. The Hall–Kier alpha value is -1.79. The van der Waals surface area contributed by atoms with Crippen LogP contribution in [0.25, 0.3) is 0 Å². The first-order valence-electron chi connectivity index (χ1n) is 18.6. The van der Waals surface area contributed by atoms with Gasteiger partial charge in [-0.05, 0) is 51.4 Å². The number of ether oxygens (including phenoxy) is 1. The van der Waals surface area contributed by atoms with Crippen LogP contribution in [-0.4, -0.2) is 49.6 Å². The van der Waals surface area contributed by atoms with Crippen LogP contribution >= 0.6 is 12.4 Å². The number of hydrogen-bond donors (Lipinski definition) is 2. The summed E-state index contributed by atoms with van der Waals surface area (Å²) in [6, 6.07) is 7.40. The lowest BCUT2D eigenvalue weighted by Gasteiger charge is -2.21. The highest BCUT2D eigenvalue weighted by Gasteiger charge is 2.12. The van der Waals surface area contributed by atoms with Gasteiger partial charge in [0.2, 0.25) is 0 Å². The predicted molar refractivity (Wildman–Crippen MR) is 195 cm³/mol. The monoisotopic (exact) mass is 652 g/mol. The minimum absolute atomic E-state index is 0. The van der Waals surface area contributed by atoms with E-state index in [0.29, 0.717) is 18.7 Å². The van der Waals surface area contributed by atoms with Gasteiger partial charge in [-0.15, -0.1) is 12.4 Å². The molecule has 0 aliphatic rings. The van der Waals surface area contributed by atoms with E-state index in [4.69, 9.17) is 4.74 Å². The highest BCUT2D eigenvalue weighted by atomic mass is 35.5. The summed E-state index contributed by atoms with van der Waals surface area (Å²) in [5.41, 5.74) is 1.32. The van der Waals surface area contributed by atoms with Crippen molar-refractivity contribution in [3.63, 3.8) is 0 Å². The molecule has 0 aromatic heterocycles. The van der Waals surface area contributed by atoms with Gasteiger partial charge >= 0.3 is 6.09 Å². The molecule has 7 heteroatoms. The Morgan fingerprint density at radius 3 is 1.56 bits per heavy atom. The van der Waals surface area contributed by atoms with E-state index in [1.807, 2.05) is 18.2 Å². The minimum atomic E-state index is -0.429. The number of rotatable bonds is 30. The van der Waals surface area contributed by atoms with Crippen LogP contribution in [0.3, 0.4) is 0 Å². The molecule has 0 fully saturated rings. The molecule has 0 atom stereocenters. The molecule has 45 heavy (non-hydrogen) atoms. The molecule has 0 saturated carbocycles. The summed E-state index contributed by atoms with van der Waals surface area (Å²) >= 11 is 0. The summed E-state index contributed by atoms with van der Waals surface area (Å²) in [6.45, 7) is 11.3. The molecule has 2 amide bonds. The zero-order chi connectivity index (χ0) is 31.9. The second kappa shape index (κ2) is 32.2. The number of alkyl carbamates (subject to hydrolysis) is 1. The normalized spacial score (nSPS) is 10.9. The van der Waals surface area contributed by atoms with Crippen LogP contribution in [0.15, 0.2) is 24.3 Å². The summed E-state index contributed by atoms with van der Waals surface area (Å²) in [5.74, 6) is -0.0928. The fraction of sp³-hybridized carbons (Fsp3) is 0.789. The number of hydrogen-bond acceptors (Lipinski definition) is 4. The maximum absolute atomic E-state index is 12.8. The number of benzene rings is 1. The van der Waals surface area contributed by atoms with E-state index in [1.165, 1.54) is 116 Å². The number of nitrogens with zero attached hydrogens (tertiary/aromatic N) is 1. The first kappa shape index (κ1) is 43.2. The molecule has 0 aliphatic heterocycles. The first-order valence-corrected chi connectivity index (χ1v) is 18.6. The zero-order valence-electron chi connectivity index (χ0n) is 29.5. The molecular weight excluding hydrogens is 582 g/mol. The summed E-state index contributed by atoms with van der Waals surface area (Å²) in [5, 5.41) is 5.93. The number of unbranched alkanes of at least 4 members (excludes halogenated alkanes) is 17. The lowest BCUT2D eigenvalue weighted by molar-refractivity contribution is 0.0946. The fourth-order valence-electron chi connectivity index (χ4n) is 5.62. The molecule has 0 spiro atoms. The van der Waals surface area contributed by atoms with Crippen LogP contribution < -0.4 is 10.6 Å². The molecule has 0 unspecified atom stereocenters. The van der Waals surface area contributed by atoms with Gasteiger partial charge in [-0.2, -0.15) is 0 Å². The number of halogens is 1. The van der Waals surface area contributed by atoms with Crippen molar-refractivity contribution in [3.05, 3.63) is 35.4 Å². The largest absolute Gasteiger partial charge is 0.445 e. The van der Waals surface area contributed by atoms with Crippen LogP contribution in [0.2, 0.25) is 0 Å². The van der Waals surface area contributed by atoms with Crippen molar-refractivity contribution in [3.8, 4) is 0 Å². The SMILES string of the molecule is CCCCCCCCCCCCCCCCCCNC(=O)c1ccccc1COC(=O)NCCCN(CCCC)CCCC.Cl. The molecule has 1 aromatic rings. The van der Waals surface area contributed by atoms with E-state index in [2.05, 4.69) is 36.3 Å². The molecule has 2 N–H and O–H groups in total. The molecule has 262 valence electrons. The average molecular weight is 652 g/mol. The van der Waals surface area contributed by atoms with Gasteiger partial charge in [0.25, 0.3) is 5.91 Å². The summed E-state index contributed by atoms with van der Waals surface area (Å²) < 4.78 is 5.45. The highest BCUT2D eigenvalue weighted by Crippen LogP contribution is 2.14. The lowest BCUT2D eigenvalue weighted by atomic mass is 10.0. The summed E-state index contributed by atoms with van der Waals surface area (Å²) in [4.78, 5) is 27.6. The van der Waals surface area contributed by atoms with Crippen molar-refractivity contribution >= 4 is 24.4 Å². The molecule has 0 bridgehead atoms. The average Bonchev–Trinajstić information content (AvgIpc) is 3.04. The van der Waals surface area contributed by atoms with Gasteiger partial charge in [0.05, 0.1) is 0 Å². The summed E-state index contributed by atoms with van der Waals surface area (Å²) in [6.07, 6.45) is 26.7. The lowest BCUT2D eigenvalue weighted by Crippen LogP contribution is -2.31. The van der Waals surface area contributed by atoms with E-state index in [0.717, 1.165) is 44.5 Å². The van der Waals surface area contributed by atoms with E-state index in [1.54, 1.807) is 6.07 Å². The smallest absolute Gasteiger partial charge is 0.407 e. The zero-order valence-corrected chi connectivity index (χ0v) is 30.3. The van der Waals surface area contributed by atoms with E-state index in [9.17, 15) is 9.59 Å². The Kier molecular flexibility index (Phi) is 30.9. The number of carbonyl (C=O) groups is 2. The molecule has 0 heterocycles. The van der Waals surface area contributed by atoms with Crippen LogP contribution in [0.5, 0.6) is 0 Å². The van der Waals surface area contributed by atoms with Crippen LogP contribution in [0.1, 0.15) is 172 Å². The number of nitrogens with one attached hydrogen (secondary N) is 2. The predicted octanol–water partition coefficient (Wildman–Crippen LogP) is 10.6. The topological polar surface area (TPSA) is 70.7 Å². The second-order valence-electron chi connectivity index (χ2n) is 12.6. The van der Waals surface area contributed by atoms with Gasteiger partial charge < -0.3 is 20.3 Å². The second-order valence-corrected chi connectivity index (χ2v) is 12.6. The minimum Gasteiger partial charge on any atom is -0.445 e. The van der Waals surface area contributed by atoms with Crippen molar-refractivity contribution in [1.29, 1.82) is 0 Å². The summed E-state index contributed by atoms with van der Waals surface area (Å²) in [7, 11) is 0. The number of amides is 2. The molecule has 1 rings (SSSR count). The quantitative estimate of drug-likeness (QED) is 0.0812. The van der Waals surface area contributed by atoms with Crippen molar-refractivity contribution < 1.29 is 14.3 Å². The molecular formula is C38H70ClN3O3. The van der Waals surface area contributed by atoms with Gasteiger partial charge in [0.1, 0.15) is 6.61 Å². The van der Waals surface area contributed by atoms with Crippen molar-refractivity contribution in [2.24, 2.45) is 0 Å². The molecule has 6 nitrogen and oxygen atoms in total. The van der Waals surface area contributed by atoms with Gasteiger partial charge in [0.15, 0.2) is 0 Å². The Labute approximate surface area is 284 Å². The van der Waals surface area contributed by atoms with Crippen molar-refractivity contribution in [2.75, 3.05) is 32.7 Å². The van der Waals surface area contributed by atoms with Gasteiger partial charge in [-0.3, -0.25) is 4.79 Å². The highest BCUT2D eigenvalue weighted by molar-refractivity contribution is 5.95. The van der Waals surface area contributed by atoms with Crippen molar-refractivity contribution in [2.45, 2.75) is 162 Å². The van der Waals surface area contributed by atoms with Crippen LogP contribution in [0, 0.1) is 0 Å². The van der Waals surface area contributed by atoms with Crippen LogP contribution in [-0.2, 0) is 11.3 Å². The Bertz CT molecular complexity index is 815. The van der Waals surface area contributed by atoms with Gasteiger partial charge in [-0.25, -0.2) is 4.79 Å². The maximum atomic E-state index is 12.8. The Balaban J connectivity index is 0.0000194. The third-order valence-corrected chi connectivity index (χ3v) is 8.51.